The van der Waals surface area contributed by atoms with E-state index in [4.69, 9.17) is 90.0 Å². The summed E-state index contributed by atoms with van der Waals surface area (Å²) >= 11 is 0. The third-order valence-corrected chi connectivity index (χ3v) is 32.1. The largest absolute Gasteiger partial charge is 0.373 e. The van der Waals surface area contributed by atoms with Gasteiger partial charge in [-0.2, -0.15) is 0 Å². The number of nitrogens with one attached hydrogen (secondary N) is 4. The van der Waals surface area contributed by atoms with Gasteiger partial charge in [-0.15, -0.1) is 0 Å². The maximum Gasteiger partial charge on any atom is 0.217 e. The molecular formula is C95H168N4O23. The molecule has 0 bridgehead atoms. The second-order valence-electron chi connectivity index (χ2n) is 39.9. The van der Waals surface area contributed by atoms with Gasteiger partial charge in [0.1, 0.15) is 12.1 Å². The Balaban J connectivity index is 0.954. The Morgan fingerprint density at radius 2 is 0.451 bits per heavy atom. The number of carbonyl (C=O) groups is 4. The minimum atomic E-state index is -1.02. The number of rotatable bonds is 31. The lowest BCUT2D eigenvalue weighted by Crippen LogP contribution is -2.66. The highest BCUT2D eigenvalue weighted by Gasteiger charge is 2.59. The smallest absolute Gasteiger partial charge is 0.217 e. The van der Waals surface area contributed by atoms with Gasteiger partial charge in [-0.3, -0.25) is 19.2 Å². The van der Waals surface area contributed by atoms with Crippen LogP contribution in [-0.4, -0.2) is 227 Å². The van der Waals surface area contributed by atoms with Crippen LogP contribution in [0.1, 0.15) is 267 Å². The average molecular weight is 1730 g/mol. The molecule has 27 nitrogen and oxygen atoms in total. The van der Waals surface area contributed by atoms with Gasteiger partial charge < -0.3 is 111 Å². The van der Waals surface area contributed by atoms with E-state index >= 15 is 0 Å². The molecule has 0 aliphatic carbocycles. The van der Waals surface area contributed by atoms with Crippen LogP contribution in [0.2, 0.25) is 0 Å². The monoisotopic (exact) mass is 1730 g/mol. The average Bonchev–Trinajstić information content (AvgIpc) is 0.772. The van der Waals surface area contributed by atoms with Gasteiger partial charge in [0, 0.05) is 92.8 Å². The predicted molar refractivity (Wildman–Crippen MR) is 461 cm³/mol. The van der Waals surface area contributed by atoms with Gasteiger partial charge >= 0.3 is 0 Å². The first-order valence-corrected chi connectivity index (χ1v) is 48.1. The highest BCUT2D eigenvalue weighted by molar-refractivity contribution is 5.74. The van der Waals surface area contributed by atoms with E-state index in [1.165, 1.54) is 27.7 Å². The predicted octanol–water partition coefficient (Wildman–Crippen LogP) is 14.0. The number of hydrogen-bond acceptors (Lipinski definition) is 23. The number of ether oxygens (including phenoxy) is 19. The lowest BCUT2D eigenvalue weighted by atomic mass is 9.78. The summed E-state index contributed by atoms with van der Waals surface area (Å²) in [4.78, 5) is 54.6. The molecule has 10 aliphatic rings. The molecular weight excluding hydrogens is 1570 g/mol. The van der Waals surface area contributed by atoms with Gasteiger partial charge in [-0.05, 0) is 106 Å². The van der Waals surface area contributed by atoms with E-state index in [1.54, 1.807) is 0 Å². The van der Waals surface area contributed by atoms with Crippen molar-refractivity contribution in [3.05, 3.63) is 0 Å². The van der Waals surface area contributed by atoms with Gasteiger partial charge in [0.05, 0.1) is 135 Å². The zero-order valence-electron chi connectivity index (χ0n) is 80.6. The standard InChI is InChI=1S/C95H168N4O23/c1-33-67-46(12)42(8)50(16)87(107-67)119-83-57(23)76(96-63(29)100)92(112-72(83)38-6)105-41-75-56(22)81(117-95-79(99-66(32)103)86(54(20)71(37-5)111-95)122-89-52(18)44(10)48(14)69(35-3)109-89)60(26)91(115-75)120-84-58(24)77(97-64(30)101)93(113-73(84)39-7)104-40-74-55(21)80(59(25)90(114-74)118-82-49(15)45(11)61(27)106-62(82)28)116-94-78(98-65(31)102)85(53(19)70(36-4)110-94)121-88-51(17)43(9)47(13)68(34-2)108-88/h42-62,67-95H,33-41H2,1-32H3,(H,96,100)(H,97,101)(H,98,102)(H,99,103)/t42-,43-,44-,45+,46+,47+,48+,49+,50+,51+,52+,53-,54-,55-,56-,57+,58+,59+,60+,61?,62+,67+,68+,69+,70+,71+,72+,73+,74?,75+,76+,77+,78+,79+,80?,81?,82?,83?,84?,85?,86?,87?,88?,89?,90?,91?,92?,93?,94?,95?/m0/s1. The van der Waals surface area contributed by atoms with Gasteiger partial charge in [0.2, 0.25) is 23.6 Å². The quantitative estimate of drug-likeness (QED) is 0.0501. The second kappa shape index (κ2) is 44.4. The minimum absolute atomic E-state index is 0.00998. The molecule has 0 aromatic heterocycles. The normalized spacial score (nSPS) is 49.7. The fraction of sp³-hybridized carbons (Fsp3) is 0.958. The lowest BCUT2D eigenvalue weighted by molar-refractivity contribution is -0.362. The van der Waals surface area contributed by atoms with E-state index in [1.807, 2.05) is 20.8 Å². The molecule has 10 rings (SSSR count). The van der Waals surface area contributed by atoms with Crippen LogP contribution in [0.5, 0.6) is 0 Å². The van der Waals surface area contributed by atoms with Crippen LogP contribution < -0.4 is 21.3 Å². The molecule has 10 heterocycles. The molecule has 18 unspecified atom stereocenters. The minimum Gasteiger partial charge on any atom is -0.373 e. The second-order valence-corrected chi connectivity index (χ2v) is 39.9. The summed E-state index contributed by atoms with van der Waals surface area (Å²) in [5, 5.41) is 13.0. The van der Waals surface area contributed by atoms with Crippen molar-refractivity contribution in [3.8, 4) is 0 Å². The third kappa shape index (κ3) is 22.5. The van der Waals surface area contributed by atoms with Crippen LogP contribution in [0, 0.1) is 112 Å². The van der Waals surface area contributed by atoms with Crippen LogP contribution in [0.25, 0.3) is 0 Å². The van der Waals surface area contributed by atoms with Crippen molar-refractivity contribution < 1.29 is 109 Å². The van der Waals surface area contributed by atoms with Crippen LogP contribution >= 0.6 is 0 Å². The van der Waals surface area contributed by atoms with E-state index in [2.05, 4.69) is 194 Å². The summed E-state index contributed by atoms with van der Waals surface area (Å²) in [5.74, 6) is -1.46. The molecule has 10 fully saturated rings. The summed E-state index contributed by atoms with van der Waals surface area (Å²) in [6.45, 7) is 66.1. The molecule has 0 radical (unpaired) electrons. The van der Waals surface area contributed by atoms with Crippen LogP contribution in [-0.2, 0) is 109 Å². The topological polar surface area (TPSA) is 292 Å². The molecule has 0 aromatic rings. The molecule has 10 aliphatic heterocycles. The zero-order chi connectivity index (χ0) is 89.8. The SMILES string of the molecule is CC[C@H]1OC(OCC2OC(OC3[C@@H](C)OC(C)[C@H](C)[C@H]3C)[C@H](C)C(OC3O[C@H](CC)[C@H](C)C(OC4O[C@H](CC)[C@H](C)[C@H](C)[C@H]4C)[C@H]3NC(C)=O)[C@H]2C)[C@H](NC(C)=O)[C@@H](C)C1OC1O[C@H](COC2O[C@H](CC)C(OC3O[C@H](CC)[C@H](C)[C@H](C)[C@H]3C)[C@H](C)[C@H]2NC(C)=O)[C@H](C)C(OC2O[C@H](CC)[C@H](C)C(OC3O[C@H](CC)[C@H](C)[C@H](C)[C@H]3C)[C@H]2NC(C)=O)[C@H]1C. The van der Waals surface area contributed by atoms with Crippen molar-refractivity contribution in [3.63, 3.8) is 0 Å². The highest BCUT2D eigenvalue weighted by atomic mass is 16.8. The van der Waals surface area contributed by atoms with Crippen molar-refractivity contribution >= 4 is 23.6 Å². The summed E-state index contributed by atoms with van der Waals surface area (Å²) < 4.78 is 136. The van der Waals surface area contributed by atoms with Crippen molar-refractivity contribution in [2.24, 2.45) is 112 Å². The van der Waals surface area contributed by atoms with E-state index in [-0.39, 0.29) is 139 Å². The Morgan fingerprint density at radius 1 is 0.205 bits per heavy atom. The highest BCUT2D eigenvalue weighted by Crippen LogP contribution is 2.49. The fourth-order valence-corrected chi connectivity index (χ4v) is 22.4. The molecule has 4 amide bonds. The maximum atomic E-state index is 13.9. The van der Waals surface area contributed by atoms with Crippen molar-refractivity contribution in [1.29, 1.82) is 0 Å². The molecule has 0 saturated carbocycles. The third-order valence-electron chi connectivity index (χ3n) is 32.1. The Bertz CT molecular complexity index is 3250. The van der Waals surface area contributed by atoms with Gasteiger partial charge in [-0.1, -0.05) is 180 Å². The van der Waals surface area contributed by atoms with Crippen LogP contribution in [0.3, 0.4) is 0 Å². The molecule has 706 valence electrons. The number of amides is 4. The first kappa shape index (κ1) is 101. The van der Waals surface area contributed by atoms with E-state index in [9.17, 15) is 19.2 Å². The molecule has 50 atom stereocenters. The summed E-state index contributed by atoms with van der Waals surface area (Å²) in [6, 6.07) is -2.94. The molecule has 10 saturated heterocycles. The van der Waals surface area contributed by atoms with Crippen molar-refractivity contribution in [2.75, 3.05) is 13.2 Å². The molecule has 0 spiro atoms. The molecule has 4 N–H and O–H groups in total. The first-order chi connectivity index (χ1) is 57.7. The number of hydrogen-bond donors (Lipinski definition) is 4. The summed E-state index contributed by atoms with van der Waals surface area (Å²) in [5.41, 5.74) is 0. The molecule has 27 heteroatoms. The van der Waals surface area contributed by atoms with E-state index in [0.717, 1.165) is 19.3 Å². The zero-order valence-corrected chi connectivity index (χ0v) is 80.6. The van der Waals surface area contributed by atoms with Crippen molar-refractivity contribution in [1.82, 2.24) is 21.3 Å². The Morgan fingerprint density at radius 3 is 0.762 bits per heavy atom. The van der Waals surface area contributed by atoms with Crippen molar-refractivity contribution in [2.45, 2.75) is 457 Å². The Labute approximate surface area is 733 Å². The van der Waals surface area contributed by atoms with E-state index < -0.39 is 165 Å². The van der Waals surface area contributed by atoms with Gasteiger partial charge in [-0.25, -0.2) is 0 Å². The lowest BCUT2D eigenvalue weighted by Gasteiger charge is -2.53. The Kier molecular flexibility index (Phi) is 36.8. The summed E-state index contributed by atoms with van der Waals surface area (Å²) in [7, 11) is 0. The fourth-order valence-electron chi connectivity index (χ4n) is 22.4. The summed E-state index contributed by atoms with van der Waals surface area (Å²) in [6.07, 6.45) is -9.75. The van der Waals surface area contributed by atoms with Crippen LogP contribution in [0.4, 0.5) is 0 Å². The number of carbonyl (C=O) groups excluding carboxylic acids is 4. The van der Waals surface area contributed by atoms with Crippen LogP contribution in [0.15, 0.2) is 0 Å². The molecule has 122 heavy (non-hydrogen) atoms. The Hall–Kier alpha value is -2.88. The van der Waals surface area contributed by atoms with Gasteiger partial charge in [0.15, 0.2) is 56.6 Å². The van der Waals surface area contributed by atoms with Gasteiger partial charge in [0.25, 0.3) is 0 Å². The van der Waals surface area contributed by atoms with E-state index in [0.29, 0.717) is 61.2 Å². The first-order valence-electron chi connectivity index (χ1n) is 48.1. The molecule has 0 aromatic carbocycles. The maximum absolute atomic E-state index is 13.9.